The molecule has 0 aliphatic heterocycles. The van der Waals surface area contributed by atoms with E-state index in [1.165, 1.54) is 6.92 Å². The fourth-order valence-corrected chi connectivity index (χ4v) is 2.07. The van der Waals surface area contributed by atoms with Gasteiger partial charge in [-0.1, -0.05) is 24.3 Å². The first-order chi connectivity index (χ1) is 11.1. The number of aromatic amines is 1. The predicted octanol–water partition coefficient (Wildman–Crippen LogP) is 2.32. The summed E-state index contributed by atoms with van der Waals surface area (Å²) >= 11 is 0. The Balaban J connectivity index is 1.76. The maximum absolute atomic E-state index is 12.2. The number of rotatable bonds is 4. The average Bonchev–Trinajstić information content (AvgIpc) is 3.09. The zero-order chi connectivity index (χ0) is 16.2. The summed E-state index contributed by atoms with van der Waals surface area (Å²) in [7, 11) is 0. The van der Waals surface area contributed by atoms with Gasteiger partial charge in [-0.2, -0.15) is 5.21 Å². The van der Waals surface area contributed by atoms with Gasteiger partial charge >= 0.3 is 0 Å². The SMILES string of the molecule is CC(=O)c1cccc(NC(=O)c2ccc(-c3nn[nH]n3)cc2)c1. The Morgan fingerprint density at radius 1 is 1.04 bits per heavy atom. The quantitative estimate of drug-likeness (QED) is 0.720. The summed E-state index contributed by atoms with van der Waals surface area (Å²) in [5.41, 5.74) is 2.37. The fraction of sp³-hybridized carbons (Fsp3) is 0.0625. The number of carbonyl (C=O) groups is 2. The van der Waals surface area contributed by atoms with Crippen molar-refractivity contribution in [2.24, 2.45) is 0 Å². The van der Waals surface area contributed by atoms with E-state index in [1.807, 2.05) is 0 Å². The molecular formula is C16H13N5O2. The van der Waals surface area contributed by atoms with Crippen molar-refractivity contribution >= 4 is 17.4 Å². The van der Waals surface area contributed by atoms with E-state index >= 15 is 0 Å². The number of Topliss-reactive ketones (excluding diaryl/α,β-unsaturated/α-hetero) is 1. The molecule has 7 nitrogen and oxygen atoms in total. The van der Waals surface area contributed by atoms with Crippen LogP contribution in [0, 0.1) is 0 Å². The van der Waals surface area contributed by atoms with E-state index in [0.29, 0.717) is 22.6 Å². The molecular weight excluding hydrogens is 294 g/mol. The van der Waals surface area contributed by atoms with Gasteiger partial charge in [0.1, 0.15) is 0 Å². The number of hydrogen-bond acceptors (Lipinski definition) is 5. The van der Waals surface area contributed by atoms with Crippen molar-refractivity contribution in [3.05, 3.63) is 59.7 Å². The summed E-state index contributed by atoms with van der Waals surface area (Å²) in [6, 6.07) is 13.7. The molecule has 7 heteroatoms. The molecule has 0 saturated carbocycles. The molecule has 1 amide bonds. The van der Waals surface area contributed by atoms with Crippen LogP contribution >= 0.6 is 0 Å². The van der Waals surface area contributed by atoms with Crippen molar-refractivity contribution in [2.45, 2.75) is 6.92 Å². The second-order valence-corrected chi connectivity index (χ2v) is 4.90. The van der Waals surface area contributed by atoms with Gasteiger partial charge in [0.2, 0.25) is 5.82 Å². The molecule has 0 bridgehead atoms. The Kier molecular flexibility index (Phi) is 3.92. The molecule has 3 aromatic rings. The first kappa shape index (κ1) is 14.6. The van der Waals surface area contributed by atoms with E-state index in [-0.39, 0.29) is 11.7 Å². The van der Waals surface area contributed by atoms with E-state index in [9.17, 15) is 9.59 Å². The Bertz CT molecular complexity index is 841. The second-order valence-electron chi connectivity index (χ2n) is 4.90. The minimum atomic E-state index is -0.259. The number of tetrazole rings is 1. The molecule has 23 heavy (non-hydrogen) atoms. The number of nitrogens with one attached hydrogen (secondary N) is 2. The van der Waals surface area contributed by atoms with Gasteiger partial charge in [0.05, 0.1) is 0 Å². The summed E-state index contributed by atoms with van der Waals surface area (Å²) in [6.45, 7) is 1.48. The minimum absolute atomic E-state index is 0.0504. The number of benzene rings is 2. The van der Waals surface area contributed by atoms with Gasteiger partial charge in [0.15, 0.2) is 5.78 Å². The van der Waals surface area contributed by atoms with E-state index < -0.39 is 0 Å². The van der Waals surface area contributed by atoms with Crippen molar-refractivity contribution < 1.29 is 9.59 Å². The lowest BCUT2D eigenvalue weighted by Gasteiger charge is -2.06. The largest absolute Gasteiger partial charge is 0.322 e. The van der Waals surface area contributed by atoms with Crippen molar-refractivity contribution in [1.82, 2.24) is 20.6 Å². The third kappa shape index (κ3) is 3.29. The average molecular weight is 307 g/mol. The van der Waals surface area contributed by atoms with Crippen LogP contribution in [0.4, 0.5) is 5.69 Å². The molecule has 1 heterocycles. The number of ketones is 1. The number of nitrogens with zero attached hydrogens (tertiary/aromatic N) is 3. The van der Waals surface area contributed by atoms with Crippen LogP contribution in [0.1, 0.15) is 27.6 Å². The molecule has 0 radical (unpaired) electrons. The van der Waals surface area contributed by atoms with E-state index in [0.717, 1.165) is 5.56 Å². The van der Waals surface area contributed by atoms with Gasteiger partial charge in [-0.25, -0.2) is 0 Å². The third-order valence-corrected chi connectivity index (χ3v) is 3.28. The molecule has 0 atom stereocenters. The normalized spacial score (nSPS) is 10.3. The highest BCUT2D eigenvalue weighted by molar-refractivity contribution is 6.05. The summed E-state index contributed by atoms with van der Waals surface area (Å²) < 4.78 is 0. The Hall–Kier alpha value is -3.35. The maximum Gasteiger partial charge on any atom is 0.255 e. The maximum atomic E-state index is 12.2. The molecule has 0 saturated heterocycles. The van der Waals surface area contributed by atoms with Gasteiger partial charge in [0.25, 0.3) is 5.91 Å². The second kappa shape index (κ2) is 6.18. The predicted molar refractivity (Wildman–Crippen MR) is 84.0 cm³/mol. The van der Waals surface area contributed by atoms with Crippen LogP contribution in [-0.2, 0) is 0 Å². The molecule has 0 spiro atoms. The fourth-order valence-electron chi connectivity index (χ4n) is 2.07. The summed E-state index contributed by atoms with van der Waals surface area (Å²) in [6.07, 6.45) is 0. The molecule has 0 fully saturated rings. The van der Waals surface area contributed by atoms with Crippen molar-refractivity contribution in [2.75, 3.05) is 5.32 Å². The first-order valence-corrected chi connectivity index (χ1v) is 6.90. The van der Waals surface area contributed by atoms with Crippen LogP contribution < -0.4 is 5.32 Å². The number of aromatic nitrogens is 4. The molecule has 0 unspecified atom stereocenters. The van der Waals surface area contributed by atoms with Crippen LogP contribution in [0.3, 0.4) is 0 Å². The van der Waals surface area contributed by atoms with Crippen molar-refractivity contribution in [3.8, 4) is 11.4 Å². The summed E-state index contributed by atoms with van der Waals surface area (Å²) in [5, 5.41) is 16.4. The molecule has 0 aliphatic carbocycles. The summed E-state index contributed by atoms with van der Waals surface area (Å²) in [4.78, 5) is 23.6. The third-order valence-electron chi connectivity index (χ3n) is 3.28. The summed E-state index contributed by atoms with van der Waals surface area (Å²) in [5.74, 6) is 0.155. The lowest BCUT2D eigenvalue weighted by atomic mass is 10.1. The number of anilines is 1. The number of amides is 1. The van der Waals surface area contributed by atoms with Crippen LogP contribution in [0.2, 0.25) is 0 Å². The van der Waals surface area contributed by atoms with Crippen LogP contribution in [0.25, 0.3) is 11.4 Å². The Labute approximate surface area is 131 Å². The van der Waals surface area contributed by atoms with Crippen molar-refractivity contribution in [1.29, 1.82) is 0 Å². The van der Waals surface area contributed by atoms with Gasteiger partial charge in [0, 0.05) is 22.4 Å². The highest BCUT2D eigenvalue weighted by Gasteiger charge is 2.09. The topological polar surface area (TPSA) is 101 Å². The van der Waals surface area contributed by atoms with Crippen LogP contribution in [0.5, 0.6) is 0 Å². The lowest BCUT2D eigenvalue weighted by molar-refractivity contribution is 0.101. The van der Waals surface area contributed by atoms with E-state index in [2.05, 4.69) is 25.9 Å². The standard InChI is InChI=1S/C16H13N5O2/c1-10(22)13-3-2-4-14(9-13)17-16(23)12-7-5-11(6-8-12)15-18-20-21-19-15/h2-9H,1H3,(H,17,23)(H,18,19,20,21). The highest BCUT2D eigenvalue weighted by Crippen LogP contribution is 2.16. The van der Waals surface area contributed by atoms with Gasteiger partial charge in [-0.05, 0) is 36.4 Å². The van der Waals surface area contributed by atoms with E-state index in [4.69, 9.17) is 0 Å². The number of H-pyrrole nitrogens is 1. The molecule has 1 aromatic heterocycles. The first-order valence-electron chi connectivity index (χ1n) is 6.90. The molecule has 2 N–H and O–H groups in total. The lowest BCUT2D eigenvalue weighted by Crippen LogP contribution is -2.12. The van der Waals surface area contributed by atoms with Gasteiger partial charge in [-0.3, -0.25) is 9.59 Å². The smallest absolute Gasteiger partial charge is 0.255 e. The zero-order valence-electron chi connectivity index (χ0n) is 12.3. The van der Waals surface area contributed by atoms with Gasteiger partial charge < -0.3 is 5.32 Å². The Morgan fingerprint density at radius 2 is 1.83 bits per heavy atom. The monoisotopic (exact) mass is 307 g/mol. The van der Waals surface area contributed by atoms with Gasteiger partial charge in [-0.15, -0.1) is 10.2 Å². The molecule has 3 rings (SSSR count). The number of carbonyl (C=O) groups excluding carboxylic acids is 2. The van der Waals surface area contributed by atoms with Crippen molar-refractivity contribution in [3.63, 3.8) is 0 Å². The van der Waals surface area contributed by atoms with E-state index in [1.54, 1.807) is 48.5 Å². The molecule has 2 aromatic carbocycles. The zero-order valence-corrected chi connectivity index (χ0v) is 12.3. The highest BCUT2D eigenvalue weighted by atomic mass is 16.1. The van der Waals surface area contributed by atoms with Crippen LogP contribution in [0.15, 0.2) is 48.5 Å². The van der Waals surface area contributed by atoms with Crippen LogP contribution in [-0.4, -0.2) is 32.3 Å². The Morgan fingerprint density at radius 3 is 2.48 bits per heavy atom. The molecule has 114 valence electrons. The number of hydrogen-bond donors (Lipinski definition) is 2. The molecule has 0 aliphatic rings. The minimum Gasteiger partial charge on any atom is -0.322 e.